The van der Waals surface area contributed by atoms with Crippen LogP contribution in [0, 0.1) is 5.92 Å². The summed E-state index contributed by atoms with van der Waals surface area (Å²) in [5, 5.41) is 16.5. The van der Waals surface area contributed by atoms with Crippen molar-refractivity contribution in [3.63, 3.8) is 0 Å². The van der Waals surface area contributed by atoms with Gasteiger partial charge in [-0.1, -0.05) is 0 Å². The third-order valence-corrected chi connectivity index (χ3v) is 7.16. The Labute approximate surface area is 224 Å². The fourth-order valence-electron chi connectivity index (χ4n) is 5.14. The van der Waals surface area contributed by atoms with Crippen molar-refractivity contribution in [1.29, 1.82) is 0 Å². The quantitative estimate of drug-likeness (QED) is 0.0728. The maximum Gasteiger partial charge on any atom is 0.329 e. The van der Waals surface area contributed by atoms with Gasteiger partial charge in [0.15, 0.2) is 5.96 Å². The normalized spacial score (nSPS) is 30.4. The molecule has 3 aliphatic heterocycles. The molecular weight excluding hydrogens is 516 g/mol. The third kappa shape index (κ3) is 7.78. The van der Waals surface area contributed by atoms with Crippen molar-refractivity contribution in [2.24, 2.45) is 28.1 Å². The van der Waals surface area contributed by atoms with Crippen LogP contribution in [-0.4, -0.2) is 101 Å². The molecule has 216 valence electrons. The van der Waals surface area contributed by atoms with Gasteiger partial charge >= 0.3 is 11.9 Å². The summed E-state index contributed by atoms with van der Waals surface area (Å²) in [7, 11) is 0. The van der Waals surface area contributed by atoms with Crippen molar-refractivity contribution >= 4 is 41.5 Å². The second-order valence-electron chi connectivity index (χ2n) is 9.93. The minimum atomic E-state index is -1.53. The summed E-state index contributed by atoms with van der Waals surface area (Å²) in [4.78, 5) is 81.4. The zero-order valence-electron chi connectivity index (χ0n) is 21.5. The van der Waals surface area contributed by atoms with E-state index in [0.29, 0.717) is 32.1 Å². The molecule has 10 N–H and O–H groups in total. The number of nitrogens with two attached hydrogens (primary N) is 3. The van der Waals surface area contributed by atoms with Gasteiger partial charge in [-0.3, -0.25) is 29.0 Å². The first kappa shape index (κ1) is 29.6. The molecule has 3 aliphatic rings. The molecule has 3 rings (SSSR count). The number of carboxylic acid groups (broad SMARTS) is 1. The van der Waals surface area contributed by atoms with E-state index in [9.17, 15) is 33.9 Å². The van der Waals surface area contributed by atoms with Gasteiger partial charge in [-0.15, -0.1) is 0 Å². The number of aliphatic imine (C=N–C) groups is 1. The Morgan fingerprint density at radius 2 is 1.74 bits per heavy atom. The second kappa shape index (κ2) is 13.2. The number of hydrogen-bond acceptors (Lipinski definition) is 9. The average molecular weight is 553 g/mol. The van der Waals surface area contributed by atoms with E-state index in [1.807, 2.05) is 0 Å². The molecule has 2 bridgehead atoms. The number of nitrogens with one attached hydrogen (secondary N) is 3. The van der Waals surface area contributed by atoms with Gasteiger partial charge in [0, 0.05) is 18.5 Å². The highest BCUT2D eigenvalue weighted by Gasteiger charge is 2.46. The van der Waals surface area contributed by atoms with E-state index in [-0.39, 0.29) is 31.6 Å². The summed E-state index contributed by atoms with van der Waals surface area (Å²) in [6.07, 6.45) is 1.58. The van der Waals surface area contributed by atoms with Gasteiger partial charge in [0.2, 0.25) is 23.6 Å². The molecule has 0 aliphatic carbocycles. The van der Waals surface area contributed by atoms with Crippen molar-refractivity contribution in [2.75, 3.05) is 19.7 Å². The maximum atomic E-state index is 13.4. The van der Waals surface area contributed by atoms with Crippen molar-refractivity contribution in [3.8, 4) is 0 Å². The number of carboxylic acids is 1. The largest absolute Gasteiger partial charge is 0.481 e. The van der Waals surface area contributed by atoms with Gasteiger partial charge in [0.25, 0.3) is 0 Å². The number of hydrogen-bond donors (Lipinski definition) is 7. The van der Waals surface area contributed by atoms with Crippen LogP contribution in [0.1, 0.15) is 44.9 Å². The van der Waals surface area contributed by atoms with Crippen LogP contribution in [0.15, 0.2) is 4.99 Å². The molecular formula is C23H36N8O8. The van der Waals surface area contributed by atoms with Crippen LogP contribution < -0.4 is 33.2 Å². The third-order valence-electron chi connectivity index (χ3n) is 7.16. The monoisotopic (exact) mass is 552 g/mol. The van der Waals surface area contributed by atoms with Gasteiger partial charge in [-0.25, -0.2) is 4.79 Å². The van der Waals surface area contributed by atoms with Gasteiger partial charge in [-0.2, -0.15) is 0 Å². The number of rotatable bonds is 6. The Hall–Kier alpha value is -3.95. The van der Waals surface area contributed by atoms with E-state index < -0.39 is 78.6 Å². The highest BCUT2D eigenvalue weighted by Crippen LogP contribution is 2.33. The molecule has 3 saturated heterocycles. The number of carbonyl (C=O) groups is 6. The molecule has 6 atom stereocenters. The number of guanidine groups is 1. The van der Waals surface area contributed by atoms with Crippen LogP contribution in [-0.2, 0) is 33.5 Å². The van der Waals surface area contributed by atoms with E-state index in [1.54, 1.807) is 0 Å². The molecule has 0 spiro atoms. The molecule has 3 heterocycles. The lowest BCUT2D eigenvalue weighted by atomic mass is 9.95. The van der Waals surface area contributed by atoms with Crippen LogP contribution in [0.2, 0.25) is 0 Å². The number of nitrogens with zero attached hydrogens (tertiary/aromatic N) is 2. The van der Waals surface area contributed by atoms with Crippen LogP contribution in [0.3, 0.4) is 0 Å². The first-order valence-electron chi connectivity index (χ1n) is 12.9. The Morgan fingerprint density at radius 1 is 1.03 bits per heavy atom. The molecule has 4 amide bonds. The van der Waals surface area contributed by atoms with E-state index in [0.717, 1.165) is 0 Å². The number of carbonyl (C=O) groups excluding carboxylic acids is 5. The summed E-state index contributed by atoms with van der Waals surface area (Å²) in [6, 6.07) is -4.77. The zero-order chi connectivity index (χ0) is 28.7. The summed E-state index contributed by atoms with van der Waals surface area (Å²) in [5.74, 6) is -5.59. The molecule has 0 aromatic carbocycles. The average Bonchev–Trinajstić information content (AvgIpc) is 3.26. The lowest BCUT2D eigenvalue weighted by Gasteiger charge is -2.31. The lowest BCUT2D eigenvalue weighted by Crippen LogP contribution is -2.57. The van der Waals surface area contributed by atoms with Crippen LogP contribution >= 0.6 is 0 Å². The molecule has 0 aromatic rings. The van der Waals surface area contributed by atoms with Crippen LogP contribution in [0.5, 0.6) is 0 Å². The Balaban J connectivity index is 1.88. The van der Waals surface area contributed by atoms with Crippen LogP contribution in [0.4, 0.5) is 0 Å². The van der Waals surface area contributed by atoms with Crippen molar-refractivity contribution in [3.05, 3.63) is 0 Å². The highest BCUT2D eigenvalue weighted by atomic mass is 16.5. The smallest absolute Gasteiger partial charge is 0.329 e. The van der Waals surface area contributed by atoms with Crippen LogP contribution in [0.25, 0.3) is 0 Å². The Morgan fingerprint density at radius 3 is 2.44 bits per heavy atom. The number of ether oxygens (including phenoxy) is 1. The number of fused-ring (bicyclic) bond motifs is 2. The molecule has 16 nitrogen and oxygen atoms in total. The molecule has 3 fully saturated rings. The Kier molecular flexibility index (Phi) is 10.0. The number of cyclic esters (lactones) is 1. The fourth-order valence-corrected chi connectivity index (χ4v) is 5.14. The van der Waals surface area contributed by atoms with Crippen molar-refractivity contribution in [2.45, 2.75) is 75.2 Å². The van der Waals surface area contributed by atoms with Crippen molar-refractivity contribution in [1.82, 2.24) is 20.9 Å². The number of amides is 4. The molecule has 0 saturated carbocycles. The standard InChI is InChI=1S/C23H36N8O8/c24-18-11-3-4-12-5-6-15(31(12)21(18)37)20(36)30-13(2-1-7-27-23(25)26)19(35)28-9-16(32)29-14(8-17(33)34)22(38)39-10-11/h11-15,18H,1-10,24H2,(H,28,35)(H,29,32)(H,30,36)(H,33,34)(H4,25,26,27)/t11-,12+,13+,14+,15+,18+/m1/s1. The minimum absolute atomic E-state index is 0.121. The van der Waals surface area contributed by atoms with E-state index in [1.165, 1.54) is 4.90 Å². The fraction of sp³-hybridized carbons (Fsp3) is 0.696. The molecule has 16 heteroatoms. The molecule has 39 heavy (non-hydrogen) atoms. The van der Waals surface area contributed by atoms with Gasteiger partial charge in [-0.05, 0) is 38.5 Å². The topological polar surface area (TPSA) is 262 Å². The predicted molar refractivity (Wildman–Crippen MR) is 134 cm³/mol. The minimum Gasteiger partial charge on any atom is -0.481 e. The molecule has 0 unspecified atom stereocenters. The molecule has 0 aromatic heterocycles. The van der Waals surface area contributed by atoms with E-state index in [4.69, 9.17) is 21.9 Å². The maximum absolute atomic E-state index is 13.4. The van der Waals surface area contributed by atoms with E-state index >= 15 is 0 Å². The highest BCUT2D eigenvalue weighted by molar-refractivity contribution is 5.95. The number of aliphatic carboxylic acids is 1. The zero-order valence-corrected chi connectivity index (χ0v) is 21.5. The summed E-state index contributed by atoms with van der Waals surface area (Å²) < 4.78 is 5.28. The second-order valence-corrected chi connectivity index (χ2v) is 9.93. The van der Waals surface area contributed by atoms with E-state index in [2.05, 4.69) is 20.9 Å². The van der Waals surface area contributed by atoms with Gasteiger partial charge < -0.3 is 47.9 Å². The summed E-state index contributed by atoms with van der Waals surface area (Å²) in [6.45, 7) is -0.663. The summed E-state index contributed by atoms with van der Waals surface area (Å²) in [5.41, 5.74) is 16.9. The number of esters is 1. The first-order chi connectivity index (χ1) is 18.5. The van der Waals surface area contributed by atoms with Gasteiger partial charge in [0.05, 0.1) is 25.6 Å². The Bertz CT molecular complexity index is 1020. The first-order valence-corrected chi connectivity index (χ1v) is 12.9. The van der Waals surface area contributed by atoms with Gasteiger partial charge in [0.1, 0.15) is 18.1 Å². The SMILES string of the molecule is NC(N)=NCCC[C@@H]1NC(=O)[C@@H]2CC[C@@H]3CC[C@H](COC(=O)[C@H](CC(=O)O)NC(=O)CNC1=O)[C@H](N)C(=O)N32. The van der Waals surface area contributed by atoms with Crippen molar-refractivity contribution < 1.29 is 38.6 Å². The molecule has 0 radical (unpaired) electrons. The summed E-state index contributed by atoms with van der Waals surface area (Å²) >= 11 is 0. The predicted octanol–water partition coefficient (Wildman–Crippen LogP) is -3.75. The lowest BCUT2D eigenvalue weighted by molar-refractivity contribution is -0.153.